The predicted molar refractivity (Wildman–Crippen MR) is 47.0 cm³/mol. The number of rotatable bonds is 5. The van der Waals surface area contributed by atoms with Gasteiger partial charge in [-0.1, -0.05) is 18.1 Å². The Bertz CT molecular complexity index is 94.9. The molecule has 0 spiro atoms. The zero-order valence-corrected chi connectivity index (χ0v) is 7.19. The van der Waals surface area contributed by atoms with Crippen LogP contribution >= 0.6 is 0 Å². The highest BCUT2D eigenvalue weighted by molar-refractivity contribution is 4.94. The molecule has 0 saturated carbocycles. The van der Waals surface area contributed by atoms with Crippen molar-refractivity contribution in [3.05, 3.63) is 11.6 Å². The van der Waals surface area contributed by atoms with Crippen molar-refractivity contribution in [1.82, 2.24) is 0 Å². The standard InChI is InChI=1S/C9H19N/c1-3-9(2)7-5-4-6-8-10/h3H,4-8,10H2,1-2H3/b9-3+. The lowest BCUT2D eigenvalue weighted by atomic mass is 10.1. The summed E-state index contributed by atoms with van der Waals surface area (Å²) in [5, 5.41) is 0. The molecule has 1 nitrogen and oxygen atoms in total. The van der Waals surface area contributed by atoms with Gasteiger partial charge in [-0.05, 0) is 39.7 Å². The molecule has 0 unspecified atom stereocenters. The van der Waals surface area contributed by atoms with Crippen LogP contribution in [-0.4, -0.2) is 6.54 Å². The molecule has 0 amide bonds. The summed E-state index contributed by atoms with van der Waals surface area (Å²) in [5.41, 5.74) is 6.86. The normalized spacial score (nSPS) is 12.1. The van der Waals surface area contributed by atoms with Crippen molar-refractivity contribution in [2.45, 2.75) is 39.5 Å². The van der Waals surface area contributed by atoms with Gasteiger partial charge >= 0.3 is 0 Å². The molecule has 0 aromatic heterocycles. The smallest absolute Gasteiger partial charge is 0.00773 e. The highest BCUT2D eigenvalue weighted by atomic mass is 14.5. The fraction of sp³-hybridized carbons (Fsp3) is 0.778. The Kier molecular flexibility index (Phi) is 6.61. The molecule has 0 aromatic carbocycles. The fourth-order valence-electron chi connectivity index (χ4n) is 0.869. The maximum absolute atomic E-state index is 5.36. The van der Waals surface area contributed by atoms with Crippen LogP contribution in [0.5, 0.6) is 0 Å². The van der Waals surface area contributed by atoms with Crippen LogP contribution in [0.25, 0.3) is 0 Å². The summed E-state index contributed by atoms with van der Waals surface area (Å²) < 4.78 is 0. The third-order valence-electron chi connectivity index (χ3n) is 1.77. The maximum Gasteiger partial charge on any atom is -0.00773 e. The van der Waals surface area contributed by atoms with Crippen molar-refractivity contribution in [1.29, 1.82) is 0 Å². The van der Waals surface area contributed by atoms with E-state index in [9.17, 15) is 0 Å². The van der Waals surface area contributed by atoms with Gasteiger partial charge in [-0.25, -0.2) is 0 Å². The van der Waals surface area contributed by atoms with Crippen LogP contribution in [0.4, 0.5) is 0 Å². The number of unbranched alkanes of at least 4 members (excludes halogenated alkanes) is 2. The van der Waals surface area contributed by atoms with Crippen molar-refractivity contribution >= 4 is 0 Å². The minimum Gasteiger partial charge on any atom is -0.330 e. The van der Waals surface area contributed by atoms with E-state index < -0.39 is 0 Å². The van der Waals surface area contributed by atoms with Gasteiger partial charge in [0.25, 0.3) is 0 Å². The summed E-state index contributed by atoms with van der Waals surface area (Å²) in [6.07, 6.45) is 7.19. The quantitative estimate of drug-likeness (QED) is 0.462. The SMILES string of the molecule is C/C=C(\C)CCCCCN. The molecule has 0 rings (SSSR count). The van der Waals surface area contributed by atoms with E-state index in [1.807, 2.05) is 0 Å². The molecule has 0 fully saturated rings. The minimum absolute atomic E-state index is 0.842. The lowest BCUT2D eigenvalue weighted by Gasteiger charge is -1.98. The third kappa shape index (κ3) is 5.83. The molecule has 0 atom stereocenters. The summed E-state index contributed by atoms with van der Waals surface area (Å²) >= 11 is 0. The van der Waals surface area contributed by atoms with Crippen molar-refractivity contribution in [3.63, 3.8) is 0 Å². The Labute approximate surface area is 64.3 Å². The Morgan fingerprint density at radius 3 is 2.50 bits per heavy atom. The first-order valence-corrected chi connectivity index (χ1v) is 4.13. The summed E-state index contributed by atoms with van der Waals surface area (Å²) in [6.45, 7) is 5.12. The Hall–Kier alpha value is -0.300. The van der Waals surface area contributed by atoms with E-state index >= 15 is 0 Å². The number of hydrogen-bond acceptors (Lipinski definition) is 1. The molecule has 0 aliphatic rings. The van der Waals surface area contributed by atoms with Crippen molar-refractivity contribution < 1.29 is 0 Å². The van der Waals surface area contributed by atoms with Gasteiger partial charge in [-0.3, -0.25) is 0 Å². The lowest BCUT2D eigenvalue weighted by Crippen LogP contribution is -1.97. The highest BCUT2D eigenvalue weighted by Gasteiger charge is 1.88. The molecule has 10 heavy (non-hydrogen) atoms. The van der Waals surface area contributed by atoms with E-state index in [1.165, 1.54) is 31.3 Å². The first kappa shape index (κ1) is 9.70. The molecule has 0 saturated heterocycles. The maximum atomic E-state index is 5.36. The summed E-state index contributed by atoms with van der Waals surface area (Å²) in [4.78, 5) is 0. The minimum atomic E-state index is 0.842. The fourth-order valence-corrected chi connectivity index (χ4v) is 0.869. The van der Waals surface area contributed by atoms with Crippen molar-refractivity contribution in [3.8, 4) is 0 Å². The van der Waals surface area contributed by atoms with Gasteiger partial charge in [0, 0.05) is 0 Å². The average molecular weight is 141 g/mol. The average Bonchev–Trinajstić information content (AvgIpc) is 1.98. The van der Waals surface area contributed by atoms with Crippen LogP contribution in [0, 0.1) is 0 Å². The molecule has 2 N–H and O–H groups in total. The molecule has 0 aliphatic carbocycles. The van der Waals surface area contributed by atoms with Gasteiger partial charge in [0.05, 0.1) is 0 Å². The molecule has 0 radical (unpaired) electrons. The van der Waals surface area contributed by atoms with Crippen LogP contribution in [0.3, 0.4) is 0 Å². The van der Waals surface area contributed by atoms with Gasteiger partial charge in [0.2, 0.25) is 0 Å². The molecule has 60 valence electrons. The van der Waals surface area contributed by atoms with E-state index in [2.05, 4.69) is 19.9 Å². The zero-order chi connectivity index (χ0) is 7.82. The van der Waals surface area contributed by atoms with Crippen LogP contribution in [0.2, 0.25) is 0 Å². The molecule has 0 bridgehead atoms. The predicted octanol–water partition coefficient (Wildman–Crippen LogP) is 2.47. The lowest BCUT2D eigenvalue weighted by molar-refractivity contribution is 0.683. The second-order valence-corrected chi connectivity index (χ2v) is 2.73. The molecule has 0 aromatic rings. The summed E-state index contributed by atoms with van der Waals surface area (Å²) in [7, 11) is 0. The van der Waals surface area contributed by atoms with Crippen LogP contribution in [0.1, 0.15) is 39.5 Å². The van der Waals surface area contributed by atoms with E-state index in [-0.39, 0.29) is 0 Å². The van der Waals surface area contributed by atoms with E-state index in [0.717, 1.165) is 6.54 Å². The largest absolute Gasteiger partial charge is 0.330 e. The van der Waals surface area contributed by atoms with E-state index in [1.54, 1.807) is 0 Å². The second kappa shape index (κ2) is 6.81. The molecule has 1 heteroatoms. The van der Waals surface area contributed by atoms with Crippen molar-refractivity contribution in [2.75, 3.05) is 6.54 Å². The van der Waals surface area contributed by atoms with Gasteiger partial charge in [-0.15, -0.1) is 0 Å². The number of hydrogen-bond donors (Lipinski definition) is 1. The van der Waals surface area contributed by atoms with E-state index in [0.29, 0.717) is 0 Å². The van der Waals surface area contributed by atoms with Crippen LogP contribution in [-0.2, 0) is 0 Å². The molecular weight excluding hydrogens is 122 g/mol. The Morgan fingerprint density at radius 2 is 2.00 bits per heavy atom. The first-order valence-electron chi connectivity index (χ1n) is 4.13. The Balaban J connectivity index is 3.04. The van der Waals surface area contributed by atoms with Crippen LogP contribution in [0.15, 0.2) is 11.6 Å². The van der Waals surface area contributed by atoms with Gasteiger partial charge < -0.3 is 5.73 Å². The summed E-state index contributed by atoms with van der Waals surface area (Å²) in [6, 6.07) is 0. The van der Waals surface area contributed by atoms with Gasteiger partial charge in [0.1, 0.15) is 0 Å². The van der Waals surface area contributed by atoms with Crippen LogP contribution < -0.4 is 5.73 Å². The topological polar surface area (TPSA) is 26.0 Å². The van der Waals surface area contributed by atoms with Gasteiger partial charge in [0.15, 0.2) is 0 Å². The monoisotopic (exact) mass is 141 g/mol. The van der Waals surface area contributed by atoms with E-state index in [4.69, 9.17) is 5.73 Å². The number of allylic oxidation sites excluding steroid dienone is 2. The second-order valence-electron chi connectivity index (χ2n) is 2.73. The van der Waals surface area contributed by atoms with Crippen molar-refractivity contribution in [2.24, 2.45) is 5.73 Å². The summed E-state index contributed by atoms with van der Waals surface area (Å²) in [5.74, 6) is 0. The molecular formula is C9H19N. The Morgan fingerprint density at radius 1 is 1.30 bits per heavy atom. The highest BCUT2D eigenvalue weighted by Crippen LogP contribution is 2.06. The first-order chi connectivity index (χ1) is 4.81. The number of nitrogens with two attached hydrogens (primary N) is 1. The molecule has 0 heterocycles. The zero-order valence-electron chi connectivity index (χ0n) is 7.19. The van der Waals surface area contributed by atoms with Gasteiger partial charge in [-0.2, -0.15) is 0 Å². The third-order valence-corrected chi connectivity index (χ3v) is 1.77. The molecule has 0 aliphatic heterocycles.